The van der Waals surface area contributed by atoms with Gasteiger partial charge in [-0.2, -0.15) is 4.73 Å². The number of rotatable bonds is 14. The van der Waals surface area contributed by atoms with Crippen LogP contribution in [-0.2, 0) is 32.8 Å². The van der Waals surface area contributed by atoms with E-state index in [4.69, 9.17) is 42.1 Å². The fraction of sp³-hybridized carbons (Fsp3) is 0.395. The van der Waals surface area contributed by atoms with Gasteiger partial charge in [-0.25, -0.2) is 9.59 Å². The number of fused-ring (bicyclic) bond motifs is 3. The van der Waals surface area contributed by atoms with Crippen LogP contribution in [0.3, 0.4) is 0 Å². The lowest BCUT2D eigenvalue weighted by molar-refractivity contribution is -0.605. The number of hydrogen-bond donors (Lipinski definition) is 1. The number of pyridine rings is 1. The molecule has 3 aliphatic heterocycles. The molecule has 2 bridgehead atoms. The normalized spacial score (nSPS) is 19.9. The van der Waals surface area contributed by atoms with Crippen molar-refractivity contribution in [3.63, 3.8) is 0 Å². The zero-order valence-electron chi connectivity index (χ0n) is 28.7. The highest BCUT2D eigenvalue weighted by molar-refractivity contribution is 7.13. The molecule has 2 aromatic carbocycles. The number of benzene rings is 2. The van der Waals surface area contributed by atoms with E-state index in [0.717, 1.165) is 42.9 Å². The molecule has 0 amide bonds. The molecular weight excluding hydrogens is 713 g/mol. The minimum Gasteiger partial charge on any atom is -0.619 e. The molecule has 1 unspecified atom stereocenters. The van der Waals surface area contributed by atoms with Gasteiger partial charge in [0.15, 0.2) is 23.9 Å². The number of ether oxygens (including phenoxy) is 4. The van der Waals surface area contributed by atoms with Crippen LogP contribution in [0.4, 0.5) is 0 Å². The molecule has 0 aliphatic carbocycles. The lowest BCUT2D eigenvalue weighted by Crippen LogP contribution is -2.56. The fourth-order valence-corrected chi connectivity index (χ4v) is 8.40. The van der Waals surface area contributed by atoms with Crippen molar-refractivity contribution in [2.24, 2.45) is 5.92 Å². The molecule has 270 valence electrons. The number of methoxy groups -OCH3 is 2. The van der Waals surface area contributed by atoms with Crippen LogP contribution in [-0.4, -0.2) is 56.8 Å². The molecule has 5 heterocycles. The summed E-state index contributed by atoms with van der Waals surface area (Å²) in [7, 11) is 3.05. The Labute approximate surface area is 311 Å². The molecule has 3 saturated heterocycles. The van der Waals surface area contributed by atoms with E-state index >= 15 is 0 Å². The Bertz CT molecular complexity index is 1830. The van der Waals surface area contributed by atoms with Crippen molar-refractivity contribution in [3.8, 4) is 11.5 Å². The average Bonchev–Trinajstić information content (AvgIpc) is 3.63. The molecule has 10 nitrogen and oxygen atoms in total. The van der Waals surface area contributed by atoms with Gasteiger partial charge in [0, 0.05) is 30.0 Å². The summed E-state index contributed by atoms with van der Waals surface area (Å²) in [6.45, 7) is 5.18. The van der Waals surface area contributed by atoms with E-state index in [2.05, 4.69) is 10.2 Å². The van der Waals surface area contributed by atoms with E-state index in [1.54, 1.807) is 24.3 Å². The van der Waals surface area contributed by atoms with Gasteiger partial charge in [-0.05, 0) is 73.7 Å². The summed E-state index contributed by atoms with van der Waals surface area (Å²) in [6, 6.07) is 18.4. The summed E-state index contributed by atoms with van der Waals surface area (Å²) in [5, 5.41) is 15.7. The first-order valence-corrected chi connectivity index (χ1v) is 18.5. The van der Waals surface area contributed by atoms with Crippen LogP contribution in [0.15, 0.2) is 73.1 Å². The number of halogens is 2. The van der Waals surface area contributed by atoms with Crippen LogP contribution >= 0.6 is 34.5 Å². The quantitative estimate of drug-likeness (QED) is 0.0837. The molecule has 4 aromatic rings. The molecule has 3 fully saturated rings. The van der Waals surface area contributed by atoms with Gasteiger partial charge in [-0.15, -0.1) is 11.3 Å². The molecule has 3 atom stereocenters. The van der Waals surface area contributed by atoms with Gasteiger partial charge >= 0.3 is 11.9 Å². The number of esters is 2. The summed E-state index contributed by atoms with van der Waals surface area (Å²) in [4.78, 5) is 31.4. The Morgan fingerprint density at radius 3 is 2.35 bits per heavy atom. The highest BCUT2D eigenvalue weighted by atomic mass is 35.5. The summed E-state index contributed by atoms with van der Waals surface area (Å²) < 4.78 is 23.8. The second kappa shape index (κ2) is 16.2. The van der Waals surface area contributed by atoms with Crippen molar-refractivity contribution < 1.29 is 33.3 Å². The van der Waals surface area contributed by atoms with Crippen molar-refractivity contribution in [1.29, 1.82) is 0 Å². The van der Waals surface area contributed by atoms with E-state index in [0.29, 0.717) is 51.1 Å². The van der Waals surface area contributed by atoms with Crippen LogP contribution < -0.4 is 19.5 Å². The summed E-state index contributed by atoms with van der Waals surface area (Å²) >= 11 is 14.1. The topological polar surface area (TPSA) is 113 Å². The monoisotopic (exact) mass is 753 g/mol. The molecule has 7 rings (SSSR count). The van der Waals surface area contributed by atoms with Crippen LogP contribution in [0, 0.1) is 11.1 Å². The molecule has 0 saturated carbocycles. The molecule has 13 heteroatoms. The number of nitrogens with zero attached hydrogens (tertiary/aromatic N) is 2. The average molecular weight is 755 g/mol. The van der Waals surface area contributed by atoms with Crippen LogP contribution in [0.2, 0.25) is 10.0 Å². The predicted octanol–water partition coefficient (Wildman–Crippen LogP) is 6.88. The third-order valence-corrected chi connectivity index (χ3v) is 11.6. The molecule has 51 heavy (non-hydrogen) atoms. The second-order valence-corrected chi connectivity index (χ2v) is 14.8. The number of thiophene rings is 1. The highest BCUT2D eigenvalue weighted by Gasteiger charge is 2.44. The fourth-order valence-electron chi connectivity index (χ4n) is 6.97. The van der Waals surface area contributed by atoms with Gasteiger partial charge in [0.1, 0.15) is 32.7 Å². The lowest BCUT2D eigenvalue weighted by Gasteiger charge is -2.45. The number of carbonyl (C=O) groups is 2. The number of piperidine rings is 3. The zero-order valence-corrected chi connectivity index (χ0v) is 31.1. The second-order valence-electron chi connectivity index (χ2n) is 12.8. The van der Waals surface area contributed by atoms with E-state index in [1.807, 2.05) is 43.3 Å². The highest BCUT2D eigenvalue weighted by Crippen LogP contribution is 2.37. The van der Waals surface area contributed by atoms with E-state index in [-0.39, 0.29) is 28.5 Å². The third kappa shape index (κ3) is 8.13. The zero-order chi connectivity index (χ0) is 36.1. The Kier molecular flexibility index (Phi) is 11.7. The smallest absolute Gasteiger partial charge is 0.348 e. The summed E-state index contributed by atoms with van der Waals surface area (Å²) in [5.74, 6) is 0.503. The molecule has 2 aromatic heterocycles. The van der Waals surface area contributed by atoms with Gasteiger partial charge in [-0.3, -0.25) is 10.2 Å². The lowest BCUT2D eigenvalue weighted by atomic mass is 9.84. The van der Waals surface area contributed by atoms with Crippen molar-refractivity contribution in [2.45, 2.75) is 56.9 Å². The third-order valence-electron chi connectivity index (χ3n) is 9.90. The van der Waals surface area contributed by atoms with Crippen LogP contribution in [0.5, 0.6) is 11.5 Å². The Hall–Kier alpha value is -3.87. The molecule has 3 aliphatic rings. The Balaban J connectivity index is 1.21. The Morgan fingerprint density at radius 1 is 1.02 bits per heavy atom. The molecule has 0 spiro atoms. The largest absolute Gasteiger partial charge is 0.619 e. The summed E-state index contributed by atoms with van der Waals surface area (Å²) in [5.41, 5.74) is 0.819. The van der Waals surface area contributed by atoms with Gasteiger partial charge in [0.05, 0.1) is 14.2 Å². The van der Waals surface area contributed by atoms with E-state index < -0.39 is 17.6 Å². The number of aromatic nitrogens is 1. The van der Waals surface area contributed by atoms with Gasteiger partial charge in [-0.1, -0.05) is 66.5 Å². The first-order valence-electron chi connectivity index (χ1n) is 17.0. The van der Waals surface area contributed by atoms with Crippen LogP contribution in [0.1, 0.15) is 63.5 Å². The number of nitrogens with one attached hydrogen (secondary N) is 1. The van der Waals surface area contributed by atoms with Crippen LogP contribution in [0.25, 0.3) is 0 Å². The van der Waals surface area contributed by atoms with Gasteiger partial charge in [0.25, 0.3) is 0 Å². The van der Waals surface area contributed by atoms with E-state index in [1.165, 1.54) is 38.0 Å². The molecular formula is C38H41Cl2N3O7S. The first-order chi connectivity index (χ1) is 24.6. The first kappa shape index (κ1) is 36.9. The minimum atomic E-state index is -1.08. The predicted molar refractivity (Wildman–Crippen MR) is 195 cm³/mol. The summed E-state index contributed by atoms with van der Waals surface area (Å²) in [6.07, 6.45) is 4.09. The van der Waals surface area contributed by atoms with Gasteiger partial charge < -0.3 is 24.2 Å². The molecule has 0 radical (unpaired) electrons. The maximum Gasteiger partial charge on any atom is 0.348 e. The van der Waals surface area contributed by atoms with Crippen molar-refractivity contribution in [1.82, 2.24) is 10.2 Å². The van der Waals surface area contributed by atoms with Crippen molar-refractivity contribution >= 4 is 46.5 Å². The maximum atomic E-state index is 14.1. The van der Waals surface area contributed by atoms with Crippen molar-refractivity contribution in [2.75, 3.05) is 33.9 Å². The van der Waals surface area contributed by atoms with Gasteiger partial charge in [0.2, 0.25) is 0 Å². The SMILES string of the molecule is CCC(NCc1ccc(C(=O)O[C@@H](Cc2c(Cl)c[n+]([O-])cc2Cl)c2ccc(OC)c(OC)c2)s1)(C(=O)O[C@H]1CN2CCC1CC2)c1ccccc1. The standard InChI is InChI=1S/C38H41Cl2N3O7S/c1-4-38(26-8-6-5-7-9-26,37(45)50-34-23-42-16-14-24(34)15-17-42)41-20-27-11-13-35(51-27)36(44)49-32(19-28-29(39)21-43(46)22-30(28)40)25-10-12-31(47-2)33(18-25)48-3/h5-13,18,21-22,24,32,34,41H,4,14-17,19-20,23H2,1-3H3/t32-,34-,38?/m0/s1. The number of carbonyl (C=O) groups excluding carboxylic acids is 2. The number of hydrogen-bond acceptors (Lipinski definition) is 10. The molecule has 1 N–H and O–H groups in total. The van der Waals surface area contributed by atoms with E-state index in [9.17, 15) is 14.8 Å². The minimum absolute atomic E-state index is 0.0946. The Morgan fingerprint density at radius 2 is 1.73 bits per heavy atom. The maximum absolute atomic E-state index is 14.1. The van der Waals surface area contributed by atoms with Crippen molar-refractivity contribution in [3.05, 3.63) is 115 Å².